The second-order valence-corrected chi connectivity index (χ2v) is 7.34. The average molecular weight is 394 g/mol. The average Bonchev–Trinajstić information content (AvgIpc) is 2.59. The van der Waals surface area contributed by atoms with E-state index in [1.54, 1.807) is 20.8 Å². The Morgan fingerprint density at radius 3 is 2.54 bits per heavy atom. The summed E-state index contributed by atoms with van der Waals surface area (Å²) in [5, 5.41) is 24.0. The van der Waals surface area contributed by atoms with Crippen molar-refractivity contribution in [1.29, 1.82) is 0 Å². The van der Waals surface area contributed by atoms with Crippen molar-refractivity contribution in [2.45, 2.75) is 32.4 Å². The number of oxime groups is 1. The van der Waals surface area contributed by atoms with Crippen molar-refractivity contribution in [3.05, 3.63) is 40.2 Å². The highest BCUT2D eigenvalue weighted by Gasteiger charge is 2.61. The van der Waals surface area contributed by atoms with Gasteiger partial charge in [-0.25, -0.2) is 4.79 Å². The zero-order chi connectivity index (χ0) is 21.3. The van der Waals surface area contributed by atoms with Crippen molar-refractivity contribution in [2.75, 3.05) is 20.3 Å². The number of hydrogen-bond acceptors (Lipinski definition) is 6. The molecule has 0 aliphatic carbocycles. The number of carbonyl (C=O) groups is 2. The van der Waals surface area contributed by atoms with Gasteiger partial charge in [-0.15, -0.1) is 0 Å². The molecule has 2 rings (SSSR count). The topological polar surface area (TPSA) is 138 Å². The molecule has 10 heteroatoms. The first-order chi connectivity index (χ1) is 13.0. The van der Waals surface area contributed by atoms with Gasteiger partial charge in [0.1, 0.15) is 24.4 Å². The Kier molecular flexibility index (Phi) is 5.64. The predicted octanol–water partition coefficient (Wildman–Crippen LogP) is 1.72. The van der Waals surface area contributed by atoms with Gasteiger partial charge in [-0.1, -0.05) is 17.8 Å². The zero-order valence-electron chi connectivity index (χ0n) is 16.2. The number of carboxylic acids is 1. The molecule has 28 heavy (non-hydrogen) atoms. The van der Waals surface area contributed by atoms with Gasteiger partial charge in [-0.2, -0.15) is 9.28 Å². The first-order valence-corrected chi connectivity index (χ1v) is 8.46. The maximum Gasteiger partial charge on any atom is 0.515 e. The molecule has 0 radical (unpaired) electrons. The second-order valence-electron chi connectivity index (χ2n) is 7.34. The van der Waals surface area contributed by atoms with Gasteiger partial charge in [0.15, 0.2) is 5.88 Å². The van der Waals surface area contributed by atoms with Crippen molar-refractivity contribution in [3.63, 3.8) is 0 Å². The van der Waals surface area contributed by atoms with E-state index in [0.29, 0.717) is 0 Å². The smallest absolute Gasteiger partial charge is 0.482 e. The lowest BCUT2D eigenvalue weighted by molar-refractivity contribution is -0.917. The predicted molar refractivity (Wildman–Crippen MR) is 99.6 cm³/mol. The lowest BCUT2D eigenvalue weighted by Crippen LogP contribution is -2.70. The molecule has 1 amide bonds. The van der Waals surface area contributed by atoms with Crippen LogP contribution in [0.5, 0.6) is 5.88 Å². The molecule has 1 aliphatic heterocycles. The fourth-order valence-electron chi connectivity index (χ4n) is 3.48. The molecule has 1 aromatic rings. The Morgan fingerprint density at radius 2 is 2.07 bits per heavy atom. The largest absolute Gasteiger partial charge is 0.515 e. The van der Waals surface area contributed by atoms with Crippen LogP contribution in [0.4, 0.5) is 4.79 Å². The molecule has 0 aromatic carbocycles. The van der Waals surface area contributed by atoms with E-state index in [1.165, 1.54) is 19.3 Å². The van der Waals surface area contributed by atoms with Crippen LogP contribution >= 0.6 is 0 Å². The highest BCUT2D eigenvalue weighted by atomic mass is 16.6. The van der Waals surface area contributed by atoms with Gasteiger partial charge in [-0.05, 0) is 20.8 Å². The van der Waals surface area contributed by atoms with Crippen molar-refractivity contribution in [2.24, 2.45) is 5.16 Å². The molecule has 2 unspecified atom stereocenters. The number of H-pyrrole nitrogens is 1. The van der Waals surface area contributed by atoms with Gasteiger partial charge in [0.2, 0.25) is 6.04 Å². The van der Waals surface area contributed by atoms with Crippen molar-refractivity contribution in [3.8, 4) is 5.88 Å². The van der Waals surface area contributed by atoms with E-state index >= 15 is 0 Å². The first kappa shape index (κ1) is 21.2. The van der Waals surface area contributed by atoms with Crippen LogP contribution in [0.1, 0.15) is 37.9 Å². The maximum absolute atomic E-state index is 12.6. The molecular weight excluding hydrogens is 370 g/mol. The van der Waals surface area contributed by atoms with E-state index in [1.807, 2.05) is 0 Å². The summed E-state index contributed by atoms with van der Waals surface area (Å²) in [5.74, 6) is -1.36. The van der Waals surface area contributed by atoms with Gasteiger partial charge in [-0.3, -0.25) is 9.78 Å². The molecule has 0 saturated carbocycles. The molecule has 3 N–H and O–H groups in total. The number of aliphatic carboxylic acids is 1. The third kappa shape index (κ3) is 3.26. The number of methoxy groups -OCH3 is 1. The monoisotopic (exact) mass is 394 g/mol. The SMILES string of the molecule is C=CCON=C1C[N+](C(=O)O)(C(C)(C)C)C(C(=O)O)c2cc(OC)[nH]c(=O)c21. The number of nitrogens with zero attached hydrogens (tertiary/aromatic N) is 2. The van der Waals surface area contributed by atoms with E-state index in [0.717, 1.165) is 0 Å². The second kappa shape index (κ2) is 7.47. The minimum absolute atomic E-state index is 0.00220. The van der Waals surface area contributed by atoms with Gasteiger partial charge in [0.25, 0.3) is 5.56 Å². The molecule has 2 heterocycles. The summed E-state index contributed by atoms with van der Waals surface area (Å²) in [6, 6.07) is -0.235. The number of carboxylic acid groups (broad SMARTS) is 2. The van der Waals surface area contributed by atoms with Crippen LogP contribution in [0, 0.1) is 0 Å². The molecule has 10 nitrogen and oxygen atoms in total. The molecule has 0 saturated heterocycles. The Balaban J connectivity index is 2.94. The van der Waals surface area contributed by atoms with E-state index in [2.05, 4.69) is 16.7 Å². The van der Waals surface area contributed by atoms with Crippen LogP contribution in [0.2, 0.25) is 0 Å². The summed E-state index contributed by atoms with van der Waals surface area (Å²) in [7, 11) is 1.31. The highest BCUT2D eigenvalue weighted by Crippen LogP contribution is 2.43. The third-order valence-electron chi connectivity index (χ3n) is 4.82. The molecule has 0 fully saturated rings. The zero-order valence-corrected chi connectivity index (χ0v) is 16.2. The number of nitrogens with one attached hydrogen (secondary N) is 1. The van der Waals surface area contributed by atoms with Crippen molar-refractivity contribution >= 4 is 17.8 Å². The number of hydrogen-bond donors (Lipinski definition) is 3. The van der Waals surface area contributed by atoms with E-state index in [9.17, 15) is 24.6 Å². The van der Waals surface area contributed by atoms with Crippen molar-refractivity contribution in [1.82, 2.24) is 4.98 Å². The summed E-state index contributed by atoms with van der Waals surface area (Å²) in [5.41, 5.74) is -1.69. The number of pyridine rings is 1. The van der Waals surface area contributed by atoms with Gasteiger partial charge in [0.05, 0.1) is 12.7 Å². The summed E-state index contributed by atoms with van der Waals surface area (Å²) < 4.78 is 4.15. The van der Waals surface area contributed by atoms with Crippen LogP contribution in [0.25, 0.3) is 0 Å². The minimum Gasteiger partial charge on any atom is -0.482 e. The summed E-state index contributed by atoms with van der Waals surface area (Å²) >= 11 is 0. The number of aromatic amines is 1. The Morgan fingerprint density at radius 1 is 1.43 bits per heavy atom. The van der Waals surface area contributed by atoms with Crippen LogP contribution < -0.4 is 10.3 Å². The molecular formula is C18H24N3O7+. The quantitative estimate of drug-likeness (QED) is 0.299. The third-order valence-corrected chi connectivity index (χ3v) is 4.82. The van der Waals surface area contributed by atoms with E-state index in [4.69, 9.17) is 9.57 Å². The van der Waals surface area contributed by atoms with Gasteiger partial charge >= 0.3 is 12.1 Å². The fraction of sp³-hybridized carbons (Fsp3) is 0.444. The van der Waals surface area contributed by atoms with Crippen molar-refractivity contribution < 1.29 is 33.9 Å². The van der Waals surface area contributed by atoms with Gasteiger partial charge in [0, 0.05) is 11.6 Å². The molecule has 0 spiro atoms. The number of aromatic nitrogens is 1. The first-order valence-electron chi connectivity index (χ1n) is 8.46. The lowest BCUT2D eigenvalue weighted by atomic mass is 9.85. The number of rotatable bonds is 5. The Labute approximate surface area is 161 Å². The molecule has 0 bridgehead atoms. The molecule has 1 aromatic heterocycles. The van der Waals surface area contributed by atoms with Crippen LogP contribution in [-0.2, 0) is 9.63 Å². The lowest BCUT2D eigenvalue weighted by Gasteiger charge is -2.49. The molecule has 152 valence electrons. The Hall–Kier alpha value is -3.14. The van der Waals surface area contributed by atoms with Crippen LogP contribution in [0.15, 0.2) is 28.7 Å². The fourth-order valence-corrected chi connectivity index (χ4v) is 3.48. The maximum atomic E-state index is 12.6. The van der Waals surface area contributed by atoms with E-state index in [-0.39, 0.29) is 35.9 Å². The number of ether oxygens (including phenoxy) is 1. The summed E-state index contributed by atoms with van der Waals surface area (Å²) in [4.78, 5) is 44.9. The van der Waals surface area contributed by atoms with Gasteiger partial charge < -0.3 is 19.8 Å². The standard InChI is InChI=1S/C18H23N3O7/c1-6-7-28-20-11-9-21(17(25)26,18(2,3)4)14(16(23)24)10-8-12(27-5)19-15(22)13(10)11/h6,8,14H,1,7,9H2,2-5H3,(H2-,19,20,22,23,24,25,26)/p+1. The van der Waals surface area contributed by atoms with Crippen LogP contribution in [-0.4, -0.2) is 63.3 Å². The number of amides is 1. The van der Waals surface area contributed by atoms with E-state index < -0.39 is 33.7 Å². The molecule has 1 aliphatic rings. The summed E-state index contributed by atoms with van der Waals surface area (Å²) in [6.45, 7) is 8.05. The minimum atomic E-state index is -1.55. The molecule has 2 atom stereocenters. The number of fused-ring (bicyclic) bond motifs is 1. The normalized spacial score (nSPS) is 23.0. The highest BCUT2D eigenvalue weighted by molar-refractivity contribution is 6.05. The van der Waals surface area contributed by atoms with Crippen LogP contribution in [0.3, 0.4) is 0 Å². The number of quaternary nitrogens is 1. The Bertz CT molecular complexity index is 897. The summed E-state index contributed by atoms with van der Waals surface area (Å²) in [6.07, 6.45) is 0.0797.